The van der Waals surface area contributed by atoms with Crippen molar-refractivity contribution in [3.63, 3.8) is 0 Å². The maximum absolute atomic E-state index is 11.9. The van der Waals surface area contributed by atoms with E-state index in [4.69, 9.17) is 11.6 Å². The lowest BCUT2D eigenvalue weighted by molar-refractivity contribution is -0.892. The SMILES string of the molecule is C=C(C)C[NH+](CC)CCC(=O)Nc1ccccc1Cl. The Labute approximate surface area is 120 Å². The average Bonchev–Trinajstić information content (AvgIpc) is 2.37. The molecule has 1 aromatic carbocycles. The summed E-state index contributed by atoms with van der Waals surface area (Å²) in [5.74, 6) is 0.000709. The third-order valence-corrected chi connectivity index (χ3v) is 3.23. The molecule has 0 heterocycles. The van der Waals surface area contributed by atoms with E-state index in [1.807, 2.05) is 19.1 Å². The van der Waals surface area contributed by atoms with Crippen LogP contribution in [0.2, 0.25) is 5.02 Å². The molecule has 1 aromatic rings. The van der Waals surface area contributed by atoms with Crippen molar-refractivity contribution in [1.82, 2.24) is 0 Å². The Balaban J connectivity index is 2.43. The number of quaternary nitrogens is 1. The van der Waals surface area contributed by atoms with Gasteiger partial charge < -0.3 is 10.2 Å². The number of amides is 1. The maximum atomic E-state index is 11.9. The molecule has 0 spiro atoms. The zero-order valence-electron chi connectivity index (χ0n) is 11.6. The Morgan fingerprint density at radius 3 is 2.68 bits per heavy atom. The van der Waals surface area contributed by atoms with Gasteiger partial charge in [0.15, 0.2) is 0 Å². The van der Waals surface area contributed by atoms with E-state index in [0.717, 1.165) is 25.2 Å². The predicted molar refractivity (Wildman–Crippen MR) is 80.8 cm³/mol. The zero-order valence-corrected chi connectivity index (χ0v) is 12.4. The van der Waals surface area contributed by atoms with Gasteiger partial charge in [0.05, 0.1) is 36.8 Å². The van der Waals surface area contributed by atoms with Gasteiger partial charge in [-0.3, -0.25) is 4.79 Å². The van der Waals surface area contributed by atoms with Crippen molar-refractivity contribution in [3.05, 3.63) is 41.4 Å². The van der Waals surface area contributed by atoms with Gasteiger partial charge in [-0.2, -0.15) is 0 Å². The third kappa shape index (κ3) is 5.90. The quantitative estimate of drug-likeness (QED) is 0.738. The molecule has 0 aliphatic rings. The molecule has 1 rings (SSSR count). The second-order valence-corrected chi connectivity index (χ2v) is 5.17. The van der Waals surface area contributed by atoms with Gasteiger partial charge in [0.25, 0.3) is 0 Å². The van der Waals surface area contributed by atoms with E-state index in [-0.39, 0.29) is 5.91 Å². The number of carbonyl (C=O) groups is 1. The van der Waals surface area contributed by atoms with Gasteiger partial charge >= 0.3 is 0 Å². The van der Waals surface area contributed by atoms with E-state index in [0.29, 0.717) is 17.1 Å². The average molecular weight is 282 g/mol. The van der Waals surface area contributed by atoms with Crippen molar-refractivity contribution in [2.24, 2.45) is 0 Å². The first-order valence-electron chi connectivity index (χ1n) is 6.55. The molecule has 4 heteroatoms. The molecule has 0 radical (unpaired) electrons. The van der Waals surface area contributed by atoms with Gasteiger partial charge in [0, 0.05) is 0 Å². The topological polar surface area (TPSA) is 33.5 Å². The summed E-state index contributed by atoms with van der Waals surface area (Å²) >= 11 is 6.00. The second-order valence-electron chi connectivity index (χ2n) is 4.77. The summed E-state index contributed by atoms with van der Waals surface area (Å²) in [5, 5.41) is 3.40. The van der Waals surface area contributed by atoms with Crippen LogP contribution in [0.25, 0.3) is 0 Å². The summed E-state index contributed by atoms with van der Waals surface area (Å²) in [6.45, 7) is 10.7. The van der Waals surface area contributed by atoms with Crippen LogP contribution in [-0.4, -0.2) is 25.5 Å². The molecule has 0 aliphatic heterocycles. The highest BCUT2D eigenvalue weighted by molar-refractivity contribution is 6.33. The monoisotopic (exact) mass is 281 g/mol. The molecule has 1 amide bonds. The molecule has 19 heavy (non-hydrogen) atoms. The van der Waals surface area contributed by atoms with Crippen LogP contribution >= 0.6 is 11.6 Å². The molecular weight excluding hydrogens is 260 g/mol. The number of benzene rings is 1. The van der Waals surface area contributed by atoms with Gasteiger partial charge in [-0.05, 0) is 31.6 Å². The lowest BCUT2D eigenvalue weighted by atomic mass is 10.2. The molecule has 0 saturated heterocycles. The largest absolute Gasteiger partial charge is 0.331 e. The van der Waals surface area contributed by atoms with Crippen LogP contribution in [0.4, 0.5) is 5.69 Å². The lowest BCUT2D eigenvalue weighted by Crippen LogP contribution is -3.12. The Morgan fingerprint density at radius 2 is 2.11 bits per heavy atom. The van der Waals surface area contributed by atoms with E-state index in [9.17, 15) is 4.79 Å². The smallest absolute Gasteiger partial charge is 0.230 e. The van der Waals surface area contributed by atoms with Gasteiger partial charge in [0.2, 0.25) is 5.91 Å². The Morgan fingerprint density at radius 1 is 1.42 bits per heavy atom. The molecule has 0 bridgehead atoms. The zero-order chi connectivity index (χ0) is 14.3. The number of nitrogens with one attached hydrogen (secondary N) is 2. The van der Waals surface area contributed by atoms with Crippen LogP contribution in [0.1, 0.15) is 20.3 Å². The molecule has 1 unspecified atom stereocenters. The van der Waals surface area contributed by atoms with Crippen LogP contribution in [0.3, 0.4) is 0 Å². The fourth-order valence-electron chi connectivity index (χ4n) is 1.88. The van der Waals surface area contributed by atoms with E-state index in [2.05, 4.69) is 18.8 Å². The standard InChI is InChI=1S/C15H21ClN2O/c1-4-18(11-12(2)3)10-9-15(19)17-14-8-6-5-7-13(14)16/h5-8H,2,4,9-11H2,1,3H3,(H,17,19)/p+1. The van der Waals surface area contributed by atoms with Crippen LogP contribution in [0, 0.1) is 0 Å². The minimum absolute atomic E-state index is 0.000709. The first-order valence-corrected chi connectivity index (χ1v) is 6.93. The van der Waals surface area contributed by atoms with Gasteiger partial charge in [-0.1, -0.05) is 30.3 Å². The minimum Gasteiger partial charge on any atom is -0.331 e. The molecule has 0 aliphatic carbocycles. The summed E-state index contributed by atoms with van der Waals surface area (Å²) < 4.78 is 0. The Hall–Kier alpha value is -1.32. The molecule has 0 aromatic heterocycles. The first-order chi connectivity index (χ1) is 9.02. The predicted octanol–water partition coefficient (Wildman–Crippen LogP) is 2.15. The first kappa shape index (κ1) is 15.7. The van der Waals surface area contributed by atoms with Crippen LogP contribution < -0.4 is 10.2 Å². The normalized spacial score (nSPS) is 11.9. The summed E-state index contributed by atoms with van der Waals surface area (Å²) in [5.41, 5.74) is 1.82. The van der Waals surface area contributed by atoms with Crippen molar-refractivity contribution >= 4 is 23.2 Å². The number of anilines is 1. The minimum atomic E-state index is 0.000709. The van der Waals surface area contributed by atoms with Crippen molar-refractivity contribution in [2.75, 3.05) is 25.0 Å². The number of likely N-dealkylation sites (N-methyl/N-ethyl adjacent to an activating group) is 1. The number of hydrogen-bond donors (Lipinski definition) is 2. The number of halogens is 1. The van der Waals surface area contributed by atoms with E-state index < -0.39 is 0 Å². The van der Waals surface area contributed by atoms with Crippen LogP contribution in [0.15, 0.2) is 36.4 Å². The molecule has 104 valence electrons. The van der Waals surface area contributed by atoms with E-state index >= 15 is 0 Å². The highest BCUT2D eigenvalue weighted by Crippen LogP contribution is 2.20. The van der Waals surface area contributed by atoms with Crippen molar-refractivity contribution < 1.29 is 9.69 Å². The molecule has 1 atom stereocenters. The van der Waals surface area contributed by atoms with Crippen LogP contribution in [0.5, 0.6) is 0 Å². The highest BCUT2D eigenvalue weighted by Gasteiger charge is 2.10. The van der Waals surface area contributed by atoms with Gasteiger partial charge in [0.1, 0.15) is 0 Å². The maximum Gasteiger partial charge on any atom is 0.230 e. The lowest BCUT2D eigenvalue weighted by Gasteiger charge is -2.17. The molecule has 3 nitrogen and oxygen atoms in total. The fourth-order valence-corrected chi connectivity index (χ4v) is 2.07. The number of para-hydroxylation sites is 1. The van der Waals surface area contributed by atoms with E-state index in [1.54, 1.807) is 12.1 Å². The highest BCUT2D eigenvalue weighted by atomic mass is 35.5. The summed E-state index contributed by atoms with van der Waals surface area (Å²) in [7, 11) is 0. The van der Waals surface area contributed by atoms with Gasteiger partial charge in [-0.25, -0.2) is 0 Å². The van der Waals surface area contributed by atoms with Gasteiger partial charge in [-0.15, -0.1) is 0 Å². The van der Waals surface area contributed by atoms with Crippen molar-refractivity contribution in [2.45, 2.75) is 20.3 Å². The Bertz CT molecular complexity index is 446. The summed E-state index contributed by atoms with van der Waals surface area (Å²) in [6, 6.07) is 7.26. The summed E-state index contributed by atoms with van der Waals surface area (Å²) in [6.07, 6.45) is 0.488. The molecule has 2 N–H and O–H groups in total. The number of rotatable bonds is 7. The van der Waals surface area contributed by atoms with Crippen LogP contribution in [-0.2, 0) is 4.79 Å². The van der Waals surface area contributed by atoms with Crippen molar-refractivity contribution in [3.8, 4) is 0 Å². The molecular formula is C15H22ClN2O+. The van der Waals surface area contributed by atoms with Crippen molar-refractivity contribution in [1.29, 1.82) is 0 Å². The summed E-state index contributed by atoms with van der Waals surface area (Å²) in [4.78, 5) is 13.2. The second kappa shape index (κ2) is 7.97. The third-order valence-electron chi connectivity index (χ3n) is 2.91. The molecule has 0 fully saturated rings. The Kier molecular flexibility index (Phi) is 6.60. The molecule has 0 saturated carbocycles. The number of hydrogen-bond acceptors (Lipinski definition) is 1. The van der Waals surface area contributed by atoms with E-state index in [1.165, 1.54) is 4.90 Å². The number of carbonyl (C=O) groups excluding carboxylic acids is 1. The fraction of sp³-hybridized carbons (Fsp3) is 0.400.